The average molecular weight is 251 g/mol. The largest absolute Gasteiger partial charge is 0.389 e. The highest BCUT2D eigenvalue weighted by Crippen LogP contribution is 2.14. The van der Waals surface area contributed by atoms with Crippen LogP contribution in [0.25, 0.3) is 0 Å². The number of aliphatic hydroxyl groups is 1. The number of hydrogen-bond acceptors (Lipinski definition) is 5. The van der Waals surface area contributed by atoms with Crippen molar-refractivity contribution < 1.29 is 5.11 Å². The molecule has 0 atom stereocenters. The highest BCUT2D eigenvalue weighted by atomic mass is 35.5. The van der Waals surface area contributed by atoms with Crippen LogP contribution in [0.5, 0.6) is 0 Å². The second kappa shape index (κ2) is 4.47. The van der Waals surface area contributed by atoms with Gasteiger partial charge in [0.2, 0.25) is 16.5 Å². The van der Waals surface area contributed by atoms with Crippen molar-refractivity contribution >= 4 is 29.2 Å². The minimum atomic E-state index is -0.847. The molecule has 0 radical (unpaired) electrons. The van der Waals surface area contributed by atoms with Crippen LogP contribution in [0.15, 0.2) is 0 Å². The molecular formula is C8H12Cl2N4O. The molecule has 84 valence electrons. The molecule has 1 aromatic rings. The summed E-state index contributed by atoms with van der Waals surface area (Å²) in [4.78, 5) is 13.1. The van der Waals surface area contributed by atoms with E-state index in [1.165, 1.54) is 0 Å². The molecule has 0 spiro atoms. The lowest BCUT2D eigenvalue weighted by molar-refractivity contribution is 0.0882. The highest BCUT2D eigenvalue weighted by Gasteiger charge is 2.18. The van der Waals surface area contributed by atoms with Gasteiger partial charge >= 0.3 is 0 Å². The molecule has 7 heteroatoms. The Morgan fingerprint density at radius 3 is 2.07 bits per heavy atom. The van der Waals surface area contributed by atoms with Gasteiger partial charge in [-0.25, -0.2) is 0 Å². The monoisotopic (exact) mass is 250 g/mol. The first kappa shape index (κ1) is 12.4. The van der Waals surface area contributed by atoms with Crippen LogP contribution in [-0.2, 0) is 0 Å². The molecular weight excluding hydrogens is 239 g/mol. The minimum absolute atomic E-state index is 0.0348. The Morgan fingerprint density at radius 1 is 1.20 bits per heavy atom. The molecule has 0 bridgehead atoms. The quantitative estimate of drug-likeness (QED) is 0.879. The SMILES string of the molecule is CN(CC(C)(C)O)c1nc(Cl)nc(Cl)n1. The van der Waals surface area contributed by atoms with Gasteiger partial charge in [-0.1, -0.05) is 0 Å². The summed E-state index contributed by atoms with van der Waals surface area (Å²) in [5, 5.41) is 9.68. The number of rotatable bonds is 3. The van der Waals surface area contributed by atoms with E-state index < -0.39 is 5.60 Å². The van der Waals surface area contributed by atoms with E-state index in [0.29, 0.717) is 12.5 Å². The summed E-state index contributed by atoms with van der Waals surface area (Å²) in [7, 11) is 1.74. The lowest BCUT2D eigenvalue weighted by atomic mass is 10.1. The standard InChI is InChI=1S/C8H12Cl2N4O/c1-8(2,15)4-14(3)7-12-5(9)11-6(10)13-7/h15H,4H2,1-3H3. The molecule has 0 aliphatic carbocycles. The molecule has 0 saturated heterocycles. The van der Waals surface area contributed by atoms with Crippen molar-refractivity contribution in [1.82, 2.24) is 15.0 Å². The first-order valence-corrected chi connectivity index (χ1v) is 5.04. The number of hydrogen-bond donors (Lipinski definition) is 1. The molecule has 0 fully saturated rings. The van der Waals surface area contributed by atoms with Crippen LogP contribution in [0.3, 0.4) is 0 Å². The maximum absolute atomic E-state index is 9.61. The van der Waals surface area contributed by atoms with E-state index in [9.17, 15) is 5.11 Å². The zero-order valence-corrected chi connectivity index (χ0v) is 10.2. The Balaban J connectivity index is 2.86. The van der Waals surface area contributed by atoms with Gasteiger partial charge < -0.3 is 10.0 Å². The fraction of sp³-hybridized carbons (Fsp3) is 0.625. The summed E-state index contributed by atoms with van der Waals surface area (Å²) in [6, 6.07) is 0. The van der Waals surface area contributed by atoms with Crippen molar-refractivity contribution in [3.8, 4) is 0 Å². The predicted molar refractivity (Wildman–Crippen MR) is 59.4 cm³/mol. The minimum Gasteiger partial charge on any atom is -0.389 e. The van der Waals surface area contributed by atoms with Crippen LogP contribution in [0.1, 0.15) is 13.8 Å². The Labute approximate surface area is 98.1 Å². The summed E-state index contributed by atoms with van der Waals surface area (Å²) in [6.07, 6.45) is 0. The molecule has 0 saturated carbocycles. The van der Waals surface area contributed by atoms with E-state index in [-0.39, 0.29) is 10.6 Å². The van der Waals surface area contributed by atoms with Gasteiger partial charge in [0.25, 0.3) is 0 Å². The molecule has 0 aliphatic rings. The summed E-state index contributed by atoms with van der Waals surface area (Å²) in [5.41, 5.74) is -0.847. The molecule has 1 N–H and O–H groups in total. The smallest absolute Gasteiger partial charge is 0.230 e. The fourth-order valence-electron chi connectivity index (χ4n) is 1.14. The molecule has 15 heavy (non-hydrogen) atoms. The summed E-state index contributed by atoms with van der Waals surface area (Å²) < 4.78 is 0. The van der Waals surface area contributed by atoms with E-state index in [2.05, 4.69) is 15.0 Å². The number of likely N-dealkylation sites (N-methyl/N-ethyl adjacent to an activating group) is 1. The Morgan fingerprint density at radius 2 is 1.67 bits per heavy atom. The molecule has 0 aliphatic heterocycles. The van der Waals surface area contributed by atoms with E-state index in [1.807, 2.05) is 0 Å². The normalized spacial score (nSPS) is 11.6. The third kappa shape index (κ3) is 4.15. The lowest BCUT2D eigenvalue weighted by Gasteiger charge is -2.25. The molecule has 0 amide bonds. The second-order valence-electron chi connectivity index (χ2n) is 3.84. The van der Waals surface area contributed by atoms with Gasteiger partial charge in [-0.05, 0) is 37.0 Å². The fourth-order valence-corrected chi connectivity index (χ4v) is 1.49. The van der Waals surface area contributed by atoms with Crippen molar-refractivity contribution in [3.05, 3.63) is 10.6 Å². The van der Waals surface area contributed by atoms with Crippen molar-refractivity contribution in [3.63, 3.8) is 0 Å². The topological polar surface area (TPSA) is 62.1 Å². The van der Waals surface area contributed by atoms with E-state index >= 15 is 0 Å². The van der Waals surface area contributed by atoms with Gasteiger partial charge in [0.1, 0.15) is 0 Å². The van der Waals surface area contributed by atoms with Gasteiger partial charge in [0, 0.05) is 13.6 Å². The van der Waals surface area contributed by atoms with E-state index in [0.717, 1.165) is 0 Å². The predicted octanol–water partition coefficient (Wildman–Crippen LogP) is 1.39. The van der Waals surface area contributed by atoms with Crippen LogP contribution in [-0.4, -0.2) is 39.3 Å². The van der Waals surface area contributed by atoms with Gasteiger partial charge in [-0.2, -0.15) is 15.0 Å². The maximum Gasteiger partial charge on any atom is 0.230 e. The summed E-state index contributed by atoms with van der Waals surface area (Å²) in [5.74, 6) is 0.335. The number of nitrogens with zero attached hydrogens (tertiary/aromatic N) is 4. The van der Waals surface area contributed by atoms with Crippen molar-refractivity contribution in [2.75, 3.05) is 18.5 Å². The van der Waals surface area contributed by atoms with E-state index in [4.69, 9.17) is 23.2 Å². The molecule has 5 nitrogen and oxygen atoms in total. The number of halogens is 2. The lowest BCUT2D eigenvalue weighted by Crippen LogP contribution is -2.37. The number of aromatic nitrogens is 3. The zero-order chi connectivity index (χ0) is 11.6. The molecule has 0 unspecified atom stereocenters. The highest BCUT2D eigenvalue weighted by molar-refractivity contribution is 6.31. The van der Waals surface area contributed by atoms with Crippen LogP contribution >= 0.6 is 23.2 Å². The first-order valence-electron chi connectivity index (χ1n) is 4.28. The molecule has 1 aromatic heterocycles. The molecule has 1 heterocycles. The summed E-state index contributed by atoms with van der Waals surface area (Å²) >= 11 is 11.3. The van der Waals surface area contributed by atoms with Crippen LogP contribution in [0.4, 0.5) is 5.95 Å². The van der Waals surface area contributed by atoms with Crippen LogP contribution in [0, 0.1) is 0 Å². The van der Waals surface area contributed by atoms with Gasteiger partial charge in [0.05, 0.1) is 5.60 Å². The Kier molecular flexibility index (Phi) is 3.70. The second-order valence-corrected chi connectivity index (χ2v) is 4.52. The van der Waals surface area contributed by atoms with Gasteiger partial charge in [-0.15, -0.1) is 0 Å². The van der Waals surface area contributed by atoms with Crippen LogP contribution in [0.2, 0.25) is 10.6 Å². The first-order chi connectivity index (χ1) is 6.78. The average Bonchev–Trinajstić information content (AvgIpc) is 1.98. The van der Waals surface area contributed by atoms with Crippen LogP contribution < -0.4 is 4.90 Å². The van der Waals surface area contributed by atoms with Crippen molar-refractivity contribution in [2.45, 2.75) is 19.4 Å². The molecule has 1 rings (SSSR count). The Hall–Kier alpha value is -0.650. The maximum atomic E-state index is 9.61. The van der Waals surface area contributed by atoms with Gasteiger partial charge in [0.15, 0.2) is 0 Å². The number of anilines is 1. The van der Waals surface area contributed by atoms with Gasteiger partial charge in [-0.3, -0.25) is 0 Å². The third-order valence-corrected chi connectivity index (χ3v) is 1.87. The molecule has 0 aromatic carbocycles. The summed E-state index contributed by atoms with van der Waals surface area (Å²) in [6.45, 7) is 3.74. The van der Waals surface area contributed by atoms with E-state index in [1.54, 1.807) is 25.8 Å². The van der Waals surface area contributed by atoms with Crippen molar-refractivity contribution in [2.24, 2.45) is 0 Å². The zero-order valence-electron chi connectivity index (χ0n) is 8.70. The third-order valence-electron chi connectivity index (χ3n) is 1.53. The van der Waals surface area contributed by atoms with Crippen molar-refractivity contribution in [1.29, 1.82) is 0 Å². The Bertz CT molecular complexity index is 333.